The highest BCUT2D eigenvalue weighted by atomic mass is 16.7. The van der Waals surface area contributed by atoms with Crippen molar-refractivity contribution >= 4 is 0 Å². The Morgan fingerprint density at radius 3 is 2.93 bits per heavy atom. The topological polar surface area (TPSA) is 53.7 Å². The molecule has 1 aromatic rings. The van der Waals surface area contributed by atoms with E-state index < -0.39 is 0 Å². The zero-order valence-corrected chi connectivity index (χ0v) is 8.79. The number of ether oxygens (including phenoxy) is 3. The summed E-state index contributed by atoms with van der Waals surface area (Å²) in [5, 5.41) is 0. The van der Waals surface area contributed by atoms with Gasteiger partial charge in [0, 0.05) is 5.56 Å². The lowest BCUT2D eigenvalue weighted by molar-refractivity contribution is 0.107. The Hall–Kier alpha value is -1.26. The van der Waals surface area contributed by atoms with Gasteiger partial charge in [0.15, 0.2) is 11.5 Å². The van der Waals surface area contributed by atoms with Gasteiger partial charge >= 0.3 is 0 Å². The number of benzene rings is 1. The van der Waals surface area contributed by atoms with Crippen molar-refractivity contribution in [2.24, 2.45) is 5.73 Å². The van der Waals surface area contributed by atoms with E-state index in [2.05, 4.69) is 11.8 Å². The molecule has 2 N–H and O–H groups in total. The smallest absolute Gasteiger partial charge is 0.231 e. The second-order valence-corrected chi connectivity index (χ2v) is 3.24. The molecule has 2 heterocycles. The maximum Gasteiger partial charge on any atom is 0.231 e. The van der Waals surface area contributed by atoms with Crippen LogP contribution in [0.3, 0.4) is 0 Å². The van der Waals surface area contributed by atoms with Gasteiger partial charge in [-0.2, -0.15) is 0 Å². The molecule has 0 amide bonds. The summed E-state index contributed by atoms with van der Waals surface area (Å²) in [6.45, 7) is 1.81. The van der Waals surface area contributed by atoms with Crippen LogP contribution in [0.1, 0.15) is 11.1 Å². The zero-order valence-electron chi connectivity index (χ0n) is 8.79. The molecule has 2 aliphatic heterocycles. The standard InChI is InChI=1S/C10H10O3.CH5N/c1-2-9-10(13-6-12-9)8-5-11-4-3-7(1)8;1-2/h1-2H,3-6H2;2H2,1H3. The molecule has 0 spiro atoms. The molecule has 0 unspecified atom stereocenters. The van der Waals surface area contributed by atoms with E-state index in [0.717, 1.165) is 24.5 Å². The highest BCUT2D eigenvalue weighted by Gasteiger charge is 2.22. The minimum atomic E-state index is 0.339. The van der Waals surface area contributed by atoms with Gasteiger partial charge in [0.2, 0.25) is 6.79 Å². The molecule has 1 aromatic carbocycles. The van der Waals surface area contributed by atoms with Crippen LogP contribution in [0.2, 0.25) is 0 Å². The van der Waals surface area contributed by atoms with Gasteiger partial charge in [-0.05, 0) is 25.1 Å². The fourth-order valence-electron chi connectivity index (χ4n) is 1.82. The fraction of sp³-hybridized carbons (Fsp3) is 0.455. The van der Waals surface area contributed by atoms with Crippen LogP contribution >= 0.6 is 0 Å². The Morgan fingerprint density at radius 1 is 1.20 bits per heavy atom. The first-order valence-electron chi connectivity index (χ1n) is 5.01. The number of hydrogen-bond donors (Lipinski definition) is 1. The number of fused-ring (bicyclic) bond motifs is 3. The predicted octanol–water partition coefficient (Wildman–Crippen LogP) is 1.06. The Bertz CT molecular complexity index is 352. The maximum atomic E-state index is 5.39. The molecule has 0 aromatic heterocycles. The Kier molecular flexibility index (Phi) is 3.08. The van der Waals surface area contributed by atoms with Crippen LogP contribution in [-0.4, -0.2) is 20.4 Å². The minimum Gasteiger partial charge on any atom is -0.454 e. The first-order chi connectivity index (χ1) is 7.45. The quantitative estimate of drug-likeness (QED) is 0.694. The van der Waals surface area contributed by atoms with Crippen LogP contribution in [0.4, 0.5) is 0 Å². The average molecular weight is 209 g/mol. The second-order valence-electron chi connectivity index (χ2n) is 3.24. The molecular formula is C11H15NO3. The maximum absolute atomic E-state index is 5.39. The van der Waals surface area contributed by atoms with Crippen LogP contribution in [0.5, 0.6) is 11.5 Å². The average Bonchev–Trinajstić information content (AvgIpc) is 2.80. The van der Waals surface area contributed by atoms with Crippen molar-refractivity contribution < 1.29 is 14.2 Å². The normalized spacial score (nSPS) is 16.4. The lowest BCUT2D eigenvalue weighted by Gasteiger charge is -2.17. The molecule has 2 aliphatic rings. The Morgan fingerprint density at radius 2 is 2.07 bits per heavy atom. The van der Waals surface area contributed by atoms with Gasteiger partial charge in [0.25, 0.3) is 0 Å². The van der Waals surface area contributed by atoms with E-state index in [0.29, 0.717) is 13.4 Å². The monoisotopic (exact) mass is 209 g/mol. The molecule has 0 bridgehead atoms. The third-order valence-corrected chi connectivity index (χ3v) is 2.50. The van der Waals surface area contributed by atoms with Crippen molar-refractivity contribution in [3.8, 4) is 11.5 Å². The predicted molar refractivity (Wildman–Crippen MR) is 56.0 cm³/mol. The largest absolute Gasteiger partial charge is 0.454 e. The number of hydrogen-bond acceptors (Lipinski definition) is 4. The molecule has 0 saturated carbocycles. The Labute approximate surface area is 88.9 Å². The van der Waals surface area contributed by atoms with E-state index >= 15 is 0 Å². The van der Waals surface area contributed by atoms with Crippen LogP contribution < -0.4 is 15.2 Å². The van der Waals surface area contributed by atoms with Crippen LogP contribution in [0.25, 0.3) is 0 Å². The molecule has 82 valence electrons. The fourth-order valence-corrected chi connectivity index (χ4v) is 1.82. The van der Waals surface area contributed by atoms with Crippen molar-refractivity contribution in [2.75, 3.05) is 20.4 Å². The van der Waals surface area contributed by atoms with Crippen molar-refractivity contribution in [1.82, 2.24) is 0 Å². The zero-order chi connectivity index (χ0) is 10.7. The number of rotatable bonds is 0. The van der Waals surface area contributed by atoms with E-state index in [9.17, 15) is 0 Å². The summed E-state index contributed by atoms with van der Waals surface area (Å²) in [6, 6.07) is 4.08. The number of nitrogens with two attached hydrogens (primary N) is 1. The van der Waals surface area contributed by atoms with E-state index in [1.54, 1.807) is 0 Å². The molecule has 4 heteroatoms. The molecule has 3 rings (SSSR count). The van der Waals surface area contributed by atoms with Gasteiger partial charge in [-0.25, -0.2) is 0 Å². The summed E-state index contributed by atoms with van der Waals surface area (Å²) in [7, 11) is 1.50. The summed E-state index contributed by atoms with van der Waals surface area (Å²) < 4.78 is 16.1. The van der Waals surface area contributed by atoms with E-state index in [4.69, 9.17) is 14.2 Å². The molecule has 15 heavy (non-hydrogen) atoms. The van der Waals surface area contributed by atoms with E-state index in [-0.39, 0.29) is 0 Å². The highest BCUT2D eigenvalue weighted by Crippen LogP contribution is 2.39. The summed E-state index contributed by atoms with van der Waals surface area (Å²) in [4.78, 5) is 0. The summed E-state index contributed by atoms with van der Waals surface area (Å²) >= 11 is 0. The Balaban J connectivity index is 0.000000404. The summed E-state index contributed by atoms with van der Waals surface area (Å²) in [6.07, 6.45) is 0.978. The highest BCUT2D eigenvalue weighted by molar-refractivity contribution is 5.52. The van der Waals surface area contributed by atoms with Crippen LogP contribution in [0, 0.1) is 0 Å². The van der Waals surface area contributed by atoms with Gasteiger partial charge in [-0.1, -0.05) is 6.07 Å². The van der Waals surface area contributed by atoms with Crippen molar-refractivity contribution in [2.45, 2.75) is 13.0 Å². The molecular weight excluding hydrogens is 194 g/mol. The molecule has 0 aliphatic carbocycles. The second kappa shape index (κ2) is 4.51. The van der Waals surface area contributed by atoms with Crippen molar-refractivity contribution in [3.63, 3.8) is 0 Å². The summed E-state index contributed by atoms with van der Waals surface area (Å²) in [5.41, 5.74) is 7.00. The minimum absolute atomic E-state index is 0.339. The van der Waals surface area contributed by atoms with E-state index in [1.807, 2.05) is 6.07 Å². The third-order valence-electron chi connectivity index (χ3n) is 2.50. The third kappa shape index (κ3) is 1.78. The SMILES string of the molecule is CN.c1cc2c(c3c1CCOC3)OCO2. The summed E-state index contributed by atoms with van der Waals surface area (Å²) in [5.74, 6) is 1.74. The van der Waals surface area contributed by atoms with Gasteiger partial charge < -0.3 is 19.9 Å². The van der Waals surface area contributed by atoms with Crippen LogP contribution in [0.15, 0.2) is 12.1 Å². The van der Waals surface area contributed by atoms with Crippen molar-refractivity contribution in [1.29, 1.82) is 0 Å². The van der Waals surface area contributed by atoms with Gasteiger partial charge in [0.05, 0.1) is 13.2 Å². The van der Waals surface area contributed by atoms with Gasteiger partial charge in [-0.15, -0.1) is 0 Å². The van der Waals surface area contributed by atoms with E-state index in [1.165, 1.54) is 18.2 Å². The molecule has 0 atom stereocenters. The molecule has 0 radical (unpaired) electrons. The van der Waals surface area contributed by atoms with Crippen molar-refractivity contribution in [3.05, 3.63) is 23.3 Å². The lowest BCUT2D eigenvalue weighted by atomic mass is 10.0. The molecule has 4 nitrogen and oxygen atoms in total. The van der Waals surface area contributed by atoms with Gasteiger partial charge in [0.1, 0.15) is 0 Å². The lowest BCUT2D eigenvalue weighted by Crippen LogP contribution is -2.10. The molecule has 0 fully saturated rings. The first kappa shape index (κ1) is 10.3. The molecule has 0 saturated heterocycles. The van der Waals surface area contributed by atoms with Gasteiger partial charge in [-0.3, -0.25) is 0 Å². The van der Waals surface area contributed by atoms with Crippen LogP contribution in [-0.2, 0) is 17.8 Å². The first-order valence-corrected chi connectivity index (χ1v) is 5.01.